The van der Waals surface area contributed by atoms with Crippen LogP contribution in [0.1, 0.15) is 9.60 Å². The molecule has 43 heavy (non-hydrogen) atoms. The molecular weight excluding hydrogens is 520 g/mol. The number of rotatable bonds is 3. The van der Waals surface area contributed by atoms with Gasteiger partial charge in [-0.25, -0.2) is 0 Å². The topological polar surface area (TPSA) is 13.1 Å². The van der Waals surface area contributed by atoms with Crippen molar-refractivity contribution in [2.24, 2.45) is 0 Å². The van der Waals surface area contributed by atoms with E-state index in [2.05, 4.69) is 60.7 Å². The first-order valence-corrected chi connectivity index (χ1v) is 14.2. The van der Waals surface area contributed by atoms with Gasteiger partial charge in [0, 0.05) is 10.8 Å². The highest BCUT2D eigenvalue weighted by Gasteiger charge is 2.20. The van der Waals surface area contributed by atoms with E-state index >= 15 is 0 Å². The van der Waals surface area contributed by atoms with Crippen LogP contribution in [0, 0.1) is 0 Å². The molecule has 0 atom stereocenters. The summed E-state index contributed by atoms with van der Waals surface area (Å²) >= 11 is 0. The molecule has 1 heteroatoms. The van der Waals surface area contributed by atoms with Gasteiger partial charge in [-0.05, 0) is 77.8 Å². The molecule has 0 saturated heterocycles. The van der Waals surface area contributed by atoms with Crippen molar-refractivity contribution in [3.05, 3.63) is 158 Å². The summed E-state index contributed by atoms with van der Waals surface area (Å²) in [5, 5.41) is 6.16. The molecule has 0 fully saturated rings. The van der Waals surface area contributed by atoms with E-state index in [1.807, 2.05) is 54.6 Å². The zero-order valence-corrected chi connectivity index (χ0v) is 22.9. The zero-order chi connectivity index (χ0) is 34.4. The van der Waals surface area contributed by atoms with Gasteiger partial charge in [0.25, 0.3) is 0 Å². The molecule has 9 aromatic rings. The van der Waals surface area contributed by atoms with Gasteiger partial charge in [0.1, 0.15) is 11.2 Å². The molecule has 0 bridgehead atoms. The van der Waals surface area contributed by atoms with Gasteiger partial charge in [-0.1, -0.05) is 145 Å². The van der Waals surface area contributed by atoms with Crippen LogP contribution in [0.4, 0.5) is 0 Å². The molecule has 0 spiro atoms. The average molecular weight is 554 g/mol. The fraction of sp³-hybridized carbons (Fsp3) is 0. The molecule has 0 radical (unpaired) electrons. The number of hydrogen-bond acceptors (Lipinski definition) is 1. The molecule has 0 aliphatic heterocycles. The maximum atomic E-state index is 9.28. The van der Waals surface area contributed by atoms with Gasteiger partial charge in [0.05, 0.1) is 9.60 Å². The number of furan rings is 1. The quantitative estimate of drug-likeness (QED) is 0.198. The number of hydrogen-bond donors (Lipinski definition) is 0. The number of benzene rings is 8. The molecule has 1 heterocycles. The van der Waals surface area contributed by atoms with Crippen LogP contribution in [0.5, 0.6) is 0 Å². The van der Waals surface area contributed by atoms with E-state index in [1.165, 1.54) is 10.8 Å². The lowest BCUT2D eigenvalue weighted by Crippen LogP contribution is -1.91. The van der Waals surface area contributed by atoms with Crippen molar-refractivity contribution in [1.29, 1.82) is 0 Å². The lowest BCUT2D eigenvalue weighted by molar-refractivity contribution is 0.669. The molecule has 0 saturated carbocycles. The fourth-order valence-electron chi connectivity index (χ4n) is 6.55. The highest BCUT2D eigenvalue weighted by molar-refractivity contribution is 6.25. The van der Waals surface area contributed by atoms with Crippen molar-refractivity contribution in [2.45, 2.75) is 0 Å². The predicted octanol–water partition coefficient (Wildman–Crippen LogP) is 12.0. The molecule has 9 rings (SSSR count). The summed E-state index contributed by atoms with van der Waals surface area (Å²) in [4.78, 5) is 0. The largest absolute Gasteiger partial charge is 0.456 e. The summed E-state index contributed by atoms with van der Waals surface area (Å²) in [5.41, 5.74) is 5.09. The third-order valence-corrected chi connectivity index (χ3v) is 8.40. The Bertz CT molecular complexity index is 2830. The van der Waals surface area contributed by atoms with E-state index in [0.717, 1.165) is 43.8 Å². The van der Waals surface area contributed by atoms with Crippen LogP contribution in [0.15, 0.2) is 162 Å². The van der Waals surface area contributed by atoms with E-state index in [1.54, 1.807) is 0 Å². The first-order valence-electron chi connectivity index (χ1n) is 17.7. The lowest BCUT2D eigenvalue weighted by atomic mass is 9.84. The zero-order valence-electron chi connectivity index (χ0n) is 29.9. The van der Waals surface area contributed by atoms with Crippen LogP contribution in [-0.4, -0.2) is 0 Å². The van der Waals surface area contributed by atoms with Crippen LogP contribution in [0.25, 0.3) is 87.6 Å². The Labute approximate surface area is 259 Å². The van der Waals surface area contributed by atoms with E-state index in [4.69, 9.17) is 12.6 Å². The molecule has 0 aliphatic rings. The maximum Gasteiger partial charge on any atom is 0.136 e. The first kappa shape index (κ1) is 18.0. The number of para-hydroxylation sites is 1. The summed E-state index contributed by atoms with van der Waals surface area (Å²) in [6.45, 7) is 0. The SMILES string of the molecule is [2H]c1c([2H])c([2H])c2c(oc3c([2H])c([2H])c([2H])c(-c4c5ccccc5c(-c5ccc(-c6cccc7ccccc67)cc5)c5ccccc45)c32)c1[2H]. The predicted molar refractivity (Wildman–Crippen MR) is 183 cm³/mol. The Balaban J connectivity index is 1.37. The standard InChI is InChI=1S/C42H26O/c1-2-13-30-27(11-1)12-9-19-31(30)28-23-25-29(26-24-28)40-32-14-3-5-16-34(32)41(35-17-6-4-15-33(35)40)37-20-10-22-39-42(37)36-18-7-8-21-38(36)43-39/h1-26H/i7D,8D,10D,18D,20D,21D,22D. The van der Waals surface area contributed by atoms with Crippen LogP contribution < -0.4 is 0 Å². The van der Waals surface area contributed by atoms with E-state index < -0.39 is 12.1 Å². The Hall–Kier alpha value is -5.66. The molecule has 0 amide bonds. The second kappa shape index (κ2) is 9.44. The van der Waals surface area contributed by atoms with Gasteiger partial charge < -0.3 is 4.42 Å². The monoisotopic (exact) mass is 553 g/mol. The summed E-state index contributed by atoms with van der Waals surface area (Å²) in [6, 6.07) is 36.6. The van der Waals surface area contributed by atoms with Crippen molar-refractivity contribution < 1.29 is 14.0 Å². The minimum atomic E-state index is -0.446. The van der Waals surface area contributed by atoms with Crippen LogP contribution in [0.2, 0.25) is 0 Å². The van der Waals surface area contributed by atoms with E-state index in [9.17, 15) is 1.37 Å². The van der Waals surface area contributed by atoms with Crippen molar-refractivity contribution in [3.63, 3.8) is 0 Å². The van der Waals surface area contributed by atoms with Crippen LogP contribution in [-0.2, 0) is 0 Å². The van der Waals surface area contributed by atoms with Gasteiger partial charge >= 0.3 is 0 Å². The molecule has 0 N–H and O–H groups in total. The molecular formula is C42H26O. The van der Waals surface area contributed by atoms with Crippen LogP contribution >= 0.6 is 0 Å². The van der Waals surface area contributed by atoms with E-state index in [-0.39, 0.29) is 52.2 Å². The summed E-state index contributed by atoms with van der Waals surface area (Å²) < 4.78 is 67.0. The lowest BCUT2D eigenvalue weighted by Gasteiger charge is -2.18. The third kappa shape index (κ3) is 3.65. The van der Waals surface area contributed by atoms with Gasteiger partial charge in [-0.15, -0.1) is 0 Å². The Morgan fingerprint density at radius 3 is 1.72 bits per heavy atom. The maximum absolute atomic E-state index is 9.28. The second-order valence-electron chi connectivity index (χ2n) is 10.7. The molecule has 200 valence electrons. The minimum Gasteiger partial charge on any atom is -0.456 e. The average Bonchev–Trinajstić information content (AvgIpc) is 3.56. The van der Waals surface area contributed by atoms with Crippen molar-refractivity contribution in [1.82, 2.24) is 0 Å². The van der Waals surface area contributed by atoms with Gasteiger partial charge in [-0.2, -0.15) is 0 Å². The first-order chi connectivity index (χ1) is 24.3. The summed E-state index contributed by atoms with van der Waals surface area (Å²) in [6.07, 6.45) is 0. The normalized spacial score (nSPS) is 14.0. The highest BCUT2D eigenvalue weighted by Crippen LogP contribution is 2.47. The van der Waals surface area contributed by atoms with E-state index in [0.29, 0.717) is 11.1 Å². The Morgan fingerprint density at radius 1 is 0.395 bits per heavy atom. The minimum absolute atomic E-state index is 0.0377. The number of fused-ring (bicyclic) bond motifs is 6. The van der Waals surface area contributed by atoms with Crippen LogP contribution in [0.3, 0.4) is 0 Å². The van der Waals surface area contributed by atoms with Gasteiger partial charge in [0.15, 0.2) is 0 Å². The summed E-state index contributed by atoms with van der Waals surface area (Å²) in [7, 11) is 0. The Kier molecular flexibility index (Phi) is 3.95. The molecule has 0 unspecified atom stereocenters. The highest BCUT2D eigenvalue weighted by atomic mass is 16.3. The van der Waals surface area contributed by atoms with Crippen molar-refractivity contribution in [3.8, 4) is 33.4 Å². The molecule has 1 aromatic heterocycles. The molecule has 1 nitrogen and oxygen atoms in total. The smallest absolute Gasteiger partial charge is 0.136 e. The van der Waals surface area contributed by atoms with Gasteiger partial charge in [-0.3, -0.25) is 0 Å². The third-order valence-electron chi connectivity index (χ3n) is 8.40. The Morgan fingerprint density at radius 2 is 0.977 bits per heavy atom. The van der Waals surface area contributed by atoms with Crippen molar-refractivity contribution >= 4 is 54.3 Å². The fourth-order valence-corrected chi connectivity index (χ4v) is 6.55. The van der Waals surface area contributed by atoms with Gasteiger partial charge in [0.2, 0.25) is 0 Å². The summed E-state index contributed by atoms with van der Waals surface area (Å²) in [5.74, 6) is 0. The molecule has 8 aromatic carbocycles. The molecule has 0 aliphatic carbocycles. The van der Waals surface area contributed by atoms with Crippen molar-refractivity contribution in [2.75, 3.05) is 0 Å². The second-order valence-corrected chi connectivity index (χ2v) is 10.7.